The van der Waals surface area contributed by atoms with Gasteiger partial charge in [-0.2, -0.15) is 0 Å². The second kappa shape index (κ2) is 5.36. The zero-order valence-electron chi connectivity index (χ0n) is 10.7. The first-order chi connectivity index (χ1) is 9.01. The van der Waals surface area contributed by atoms with E-state index in [-0.39, 0.29) is 5.56 Å². The summed E-state index contributed by atoms with van der Waals surface area (Å²) in [5.74, 6) is -0.968. The Hall–Kier alpha value is -1.94. The normalized spacial score (nSPS) is 12.3. The summed E-state index contributed by atoms with van der Waals surface area (Å²) in [5, 5.41) is 10.3. The number of hydrogen-bond donors (Lipinski definition) is 1. The van der Waals surface area contributed by atoms with Crippen LogP contribution in [0.5, 0.6) is 5.75 Å². The highest BCUT2D eigenvalue weighted by atomic mass is 19.1. The summed E-state index contributed by atoms with van der Waals surface area (Å²) in [7, 11) is 1.48. The molecule has 19 heavy (non-hydrogen) atoms. The lowest BCUT2D eigenvalue weighted by molar-refractivity contribution is 0.213. The minimum atomic E-state index is -1.14. The summed E-state index contributed by atoms with van der Waals surface area (Å²) in [6, 6.07) is 8.26. The second-order valence-electron chi connectivity index (χ2n) is 4.35. The van der Waals surface area contributed by atoms with E-state index in [1.54, 1.807) is 12.1 Å². The van der Waals surface area contributed by atoms with Crippen LogP contribution in [0.1, 0.15) is 22.8 Å². The number of ether oxygens (including phenoxy) is 1. The summed E-state index contributed by atoms with van der Waals surface area (Å²) in [5.41, 5.74) is 1.56. The SMILES string of the molecule is COc1ccc(C)cc1C(O)c1cc(F)cc(F)c1. The van der Waals surface area contributed by atoms with E-state index in [1.165, 1.54) is 7.11 Å². The molecule has 0 aliphatic heterocycles. The Morgan fingerprint density at radius 3 is 2.26 bits per heavy atom. The number of methoxy groups -OCH3 is 1. The van der Waals surface area contributed by atoms with Crippen LogP contribution in [0.25, 0.3) is 0 Å². The van der Waals surface area contributed by atoms with Crippen molar-refractivity contribution in [1.82, 2.24) is 0 Å². The van der Waals surface area contributed by atoms with E-state index in [4.69, 9.17) is 4.74 Å². The average Bonchev–Trinajstić information content (AvgIpc) is 2.36. The van der Waals surface area contributed by atoms with Crippen molar-refractivity contribution >= 4 is 0 Å². The van der Waals surface area contributed by atoms with Gasteiger partial charge >= 0.3 is 0 Å². The molecule has 0 aromatic heterocycles. The van der Waals surface area contributed by atoms with E-state index < -0.39 is 17.7 Å². The number of benzene rings is 2. The topological polar surface area (TPSA) is 29.5 Å². The molecule has 2 aromatic rings. The Balaban J connectivity index is 2.48. The van der Waals surface area contributed by atoms with Crippen molar-refractivity contribution in [3.8, 4) is 5.75 Å². The monoisotopic (exact) mass is 264 g/mol. The number of aliphatic hydroxyl groups excluding tert-OH is 1. The van der Waals surface area contributed by atoms with Gasteiger partial charge in [-0.05, 0) is 36.8 Å². The maximum Gasteiger partial charge on any atom is 0.126 e. The van der Waals surface area contributed by atoms with E-state index in [2.05, 4.69) is 0 Å². The van der Waals surface area contributed by atoms with Crippen molar-refractivity contribution < 1.29 is 18.6 Å². The third-order valence-corrected chi connectivity index (χ3v) is 2.88. The number of rotatable bonds is 3. The van der Waals surface area contributed by atoms with Crippen molar-refractivity contribution in [3.63, 3.8) is 0 Å². The van der Waals surface area contributed by atoms with E-state index in [0.717, 1.165) is 23.8 Å². The van der Waals surface area contributed by atoms with Gasteiger partial charge in [0.15, 0.2) is 0 Å². The lowest BCUT2D eigenvalue weighted by Gasteiger charge is -2.16. The average molecular weight is 264 g/mol. The summed E-state index contributed by atoms with van der Waals surface area (Å²) in [6.07, 6.45) is -1.14. The third kappa shape index (κ3) is 2.90. The van der Waals surface area contributed by atoms with Crippen LogP contribution in [0.2, 0.25) is 0 Å². The van der Waals surface area contributed by atoms with E-state index >= 15 is 0 Å². The largest absolute Gasteiger partial charge is 0.496 e. The van der Waals surface area contributed by atoms with Crippen LogP contribution in [0, 0.1) is 18.6 Å². The van der Waals surface area contributed by atoms with E-state index in [9.17, 15) is 13.9 Å². The van der Waals surface area contributed by atoms with Crippen molar-refractivity contribution in [1.29, 1.82) is 0 Å². The molecule has 2 nitrogen and oxygen atoms in total. The fourth-order valence-electron chi connectivity index (χ4n) is 1.98. The van der Waals surface area contributed by atoms with Crippen molar-refractivity contribution in [2.45, 2.75) is 13.0 Å². The van der Waals surface area contributed by atoms with Crippen LogP contribution in [0.4, 0.5) is 8.78 Å². The Labute approximate surface area is 110 Å². The van der Waals surface area contributed by atoms with Gasteiger partial charge in [0.05, 0.1) is 7.11 Å². The van der Waals surface area contributed by atoms with Gasteiger partial charge < -0.3 is 9.84 Å². The third-order valence-electron chi connectivity index (χ3n) is 2.88. The molecule has 1 N–H and O–H groups in total. The highest BCUT2D eigenvalue weighted by Crippen LogP contribution is 2.31. The Bertz CT molecular complexity index is 576. The fourth-order valence-corrected chi connectivity index (χ4v) is 1.98. The molecule has 100 valence electrons. The zero-order chi connectivity index (χ0) is 14.0. The lowest BCUT2D eigenvalue weighted by atomic mass is 9.99. The van der Waals surface area contributed by atoms with Gasteiger partial charge in [-0.15, -0.1) is 0 Å². The van der Waals surface area contributed by atoms with Crippen molar-refractivity contribution in [2.75, 3.05) is 7.11 Å². The fraction of sp³-hybridized carbons (Fsp3) is 0.200. The summed E-state index contributed by atoms with van der Waals surface area (Å²) >= 11 is 0. The molecule has 0 aliphatic carbocycles. The van der Waals surface area contributed by atoms with Crippen LogP contribution >= 0.6 is 0 Å². The Morgan fingerprint density at radius 2 is 1.68 bits per heavy atom. The molecule has 0 fully saturated rings. The van der Waals surface area contributed by atoms with Gasteiger partial charge in [0.2, 0.25) is 0 Å². The van der Waals surface area contributed by atoms with Crippen LogP contribution < -0.4 is 4.74 Å². The predicted octanol–water partition coefficient (Wildman–Crippen LogP) is 3.36. The molecular formula is C15H14F2O2. The highest BCUT2D eigenvalue weighted by Gasteiger charge is 2.17. The smallest absolute Gasteiger partial charge is 0.126 e. The molecular weight excluding hydrogens is 250 g/mol. The first-order valence-corrected chi connectivity index (χ1v) is 5.80. The molecule has 0 saturated heterocycles. The molecule has 2 aromatic carbocycles. The summed E-state index contributed by atoms with van der Waals surface area (Å²) < 4.78 is 31.5. The van der Waals surface area contributed by atoms with Gasteiger partial charge in [0.25, 0.3) is 0 Å². The number of halogens is 2. The number of aryl methyl sites for hydroxylation is 1. The molecule has 0 aliphatic rings. The molecule has 0 radical (unpaired) electrons. The van der Waals surface area contributed by atoms with E-state index in [1.807, 2.05) is 13.0 Å². The molecule has 0 amide bonds. The number of hydrogen-bond acceptors (Lipinski definition) is 2. The first-order valence-electron chi connectivity index (χ1n) is 5.80. The second-order valence-corrected chi connectivity index (χ2v) is 4.35. The minimum Gasteiger partial charge on any atom is -0.496 e. The molecule has 1 atom stereocenters. The van der Waals surface area contributed by atoms with Crippen molar-refractivity contribution in [3.05, 3.63) is 64.7 Å². The van der Waals surface area contributed by atoms with E-state index in [0.29, 0.717) is 11.3 Å². The molecule has 0 saturated carbocycles. The van der Waals surface area contributed by atoms with Crippen LogP contribution in [-0.4, -0.2) is 12.2 Å². The molecule has 0 bridgehead atoms. The first kappa shape index (κ1) is 13.5. The van der Waals surface area contributed by atoms with Gasteiger partial charge in [-0.1, -0.05) is 11.6 Å². The molecule has 0 spiro atoms. The number of aliphatic hydroxyl groups is 1. The van der Waals surface area contributed by atoms with Crippen LogP contribution in [-0.2, 0) is 0 Å². The molecule has 0 heterocycles. The van der Waals surface area contributed by atoms with Gasteiger partial charge in [0, 0.05) is 11.6 Å². The summed E-state index contributed by atoms with van der Waals surface area (Å²) in [4.78, 5) is 0. The zero-order valence-corrected chi connectivity index (χ0v) is 10.7. The van der Waals surface area contributed by atoms with Gasteiger partial charge in [-0.25, -0.2) is 8.78 Å². The molecule has 1 unspecified atom stereocenters. The van der Waals surface area contributed by atoms with Crippen LogP contribution in [0.15, 0.2) is 36.4 Å². The maximum atomic E-state index is 13.2. The van der Waals surface area contributed by atoms with Gasteiger partial charge in [0.1, 0.15) is 23.5 Å². The highest BCUT2D eigenvalue weighted by molar-refractivity contribution is 5.42. The Morgan fingerprint density at radius 1 is 1.05 bits per heavy atom. The Kier molecular flexibility index (Phi) is 3.81. The van der Waals surface area contributed by atoms with Gasteiger partial charge in [-0.3, -0.25) is 0 Å². The minimum absolute atomic E-state index is 0.154. The van der Waals surface area contributed by atoms with Crippen LogP contribution in [0.3, 0.4) is 0 Å². The van der Waals surface area contributed by atoms with Crippen molar-refractivity contribution in [2.24, 2.45) is 0 Å². The summed E-state index contributed by atoms with van der Waals surface area (Å²) in [6.45, 7) is 1.86. The maximum absolute atomic E-state index is 13.2. The molecule has 2 rings (SSSR count). The molecule has 4 heteroatoms. The predicted molar refractivity (Wildman–Crippen MR) is 68.2 cm³/mol. The quantitative estimate of drug-likeness (QED) is 0.921. The lowest BCUT2D eigenvalue weighted by Crippen LogP contribution is -2.04. The standard InChI is InChI=1S/C15H14F2O2/c1-9-3-4-14(19-2)13(5-9)15(18)10-6-11(16)8-12(17)7-10/h3-8,15,18H,1-2H3.